The van der Waals surface area contributed by atoms with Crippen LogP contribution in [0.15, 0.2) is 29.6 Å². The quantitative estimate of drug-likeness (QED) is 0.850. The van der Waals surface area contributed by atoms with E-state index < -0.39 is 18.0 Å². The van der Waals surface area contributed by atoms with Gasteiger partial charge in [-0.15, -0.1) is 11.3 Å². The van der Waals surface area contributed by atoms with Gasteiger partial charge in [0.05, 0.1) is 17.2 Å². The first kappa shape index (κ1) is 17.2. The number of nitrogens with one attached hydrogen (secondary N) is 1. The lowest BCUT2D eigenvalue weighted by molar-refractivity contribution is -0.123. The average molecular weight is 354 g/mol. The van der Waals surface area contributed by atoms with Gasteiger partial charge in [0.2, 0.25) is 0 Å². The minimum absolute atomic E-state index is 0.424. The molecule has 0 fully saturated rings. The molecule has 1 atom stereocenters. The fraction of sp³-hybridized carbons (Fsp3) is 0.316. The Bertz CT molecular complexity index is 851. The van der Waals surface area contributed by atoms with Crippen molar-refractivity contribution in [1.29, 1.82) is 5.26 Å². The maximum Gasteiger partial charge on any atom is 0.340 e. The second-order valence-corrected chi connectivity index (χ2v) is 6.95. The Hall–Kier alpha value is -2.65. The van der Waals surface area contributed by atoms with Gasteiger partial charge in [0.1, 0.15) is 0 Å². The molecule has 1 aromatic carbocycles. The van der Waals surface area contributed by atoms with E-state index >= 15 is 0 Å². The monoisotopic (exact) mass is 354 g/mol. The molecular weight excluding hydrogens is 336 g/mol. The third-order valence-corrected chi connectivity index (χ3v) is 5.28. The first-order valence-corrected chi connectivity index (χ1v) is 9.07. The molecule has 1 N–H and O–H groups in total. The molecule has 3 rings (SSSR count). The van der Waals surface area contributed by atoms with Gasteiger partial charge in [-0.3, -0.25) is 4.79 Å². The van der Waals surface area contributed by atoms with Crippen LogP contribution in [0.4, 0.5) is 5.69 Å². The molecule has 128 valence electrons. The predicted molar refractivity (Wildman–Crippen MR) is 95.6 cm³/mol. The molecule has 0 bridgehead atoms. The lowest BCUT2D eigenvalue weighted by Crippen LogP contribution is -2.30. The molecule has 0 saturated carbocycles. The first-order valence-electron chi connectivity index (χ1n) is 8.19. The van der Waals surface area contributed by atoms with E-state index in [1.54, 1.807) is 42.5 Å². The van der Waals surface area contributed by atoms with Gasteiger partial charge < -0.3 is 10.1 Å². The summed E-state index contributed by atoms with van der Waals surface area (Å²) in [4.78, 5) is 25.9. The minimum Gasteiger partial charge on any atom is -0.449 e. The Morgan fingerprint density at radius 2 is 2.12 bits per heavy atom. The fourth-order valence-electron chi connectivity index (χ4n) is 2.85. The Kier molecular flexibility index (Phi) is 5.15. The summed E-state index contributed by atoms with van der Waals surface area (Å²) in [6.45, 7) is 1.54. The van der Waals surface area contributed by atoms with Crippen LogP contribution >= 0.6 is 11.3 Å². The third-order valence-electron chi connectivity index (χ3n) is 4.19. The number of nitrogens with zero attached hydrogens (tertiary/aromatic N) is 1. The highest BCUT2D eigenvalue weighted by molar-refractivity contribution is 7.10. The van der Waals surface area contributed by atoms with Crippen LogP contribution in [-0.4, -0.2) is 18.0 Å². The van der Waals surface area contributed by atoms with Gasteiger partial charge in [0.15, 0.2) is 6.10 Å². The molecule has 1 aliphatic carbocycles. The van der Waals surface area contributed by atoms with Crippen LogP contribution in [0.3, 0.4) is 0 Å². The third kappa shape index (κ3) is 3.89. The zero-order valence-corrected chi connectivity index (χ0v) is 14.7. The van der Waals surface area contributed by atoms with Crippen LogP contribution in [0, 0.1) is 11.3 Å². The maximum atomic E-state index is 12.4. The van der Waals surface area contributed by atoms with Crippen LogP contribution < -0.4 is 5.32 Å². The van der Waals surface area contributed by atoms with Crippen molar-refractivity contribution in [2.45, 2.75) is 38.7 Å². The van der Waals surface area contributed by atoms with Crippen LogP contribution in [-0.2, 0) is 22.4 Å². The van der Waals surface area contributed by atoms with Crippen molar-refractivity contribution in [3.05, 3.63) is 51.2 Å². The van der Waals surface area contributed by atoms with Gasteiger partial charge in [-0.1, -0.05) is 6.07 Å². The van der Waals surface area contributed by atoms with E-state index in [-0.39, 0.29) is 0 Å². The fourth-order valence-corrected chi connectivity index (χ4v) is 3.97. The molecule has 1 heterocycles. The molecule has 6 heteroatoms. The molecule has 0 unspecified atom stereocenters. The summed E-state index contributed by atoms with van der Waals surface area (Å²) >= 11 is 1.59. The molecule has 0 aliphatic heterocycles. The second kappa shape index (κ2) is 7.49. The Morgan fingerprint density at radius 1 is 1.32 bits per heavy atom. The normalized spacial score (nSPS) is 14.1. The van der Waals surface area contributed by atoms with E-state index in [9.17, 15) is 9.59 Å². The molecule has 0 radical (unpaired) electrons. The Labute approximate surface area is 150 Å². The number of hydrogen-bond donors (Lipinski definition) is 1. The first-order chi connectivity index (χ1) is 12.1. The van der Waals surface area contributed by atoms with E-state index in [0.717, 1.165) is 31.2 Å². The number of anilines is 1. The molecule has 0 spiro atoms. The summed E-state index contributed by atoms with van der Waals surface area (Å²) in [5, 5.41) is 13.4. The summed E-state index contributed by atoms with van der Waals surface area (Å²) < 4.78 is 5.34. The van der Waals surface area contributed by atoms with Gasteiger partial charge in [-0.05, 0) is 56.4 Å². The highest BCUT2D eigenvalue weighted by atomic mass is 32.1. The summed E-state index contributed by atoms with van der Waals surface area (Å²) in [6.07, 6.45) is 3.22. The highest BCUT2D eigenvalue weighted by Gasteiger charge is 2.24. The maximum absolute atomic E-state index is 12.4. The molecular formula is C19H18N2O3S. The summed E-state index contributed by atoms with van der Waals surface area (Å²) in [5.41, 5.74) is 2.62. The van der Waals surface area contributed by atoms with Crippen LogP contribution in [0.1, 0.15) is 46.1 Å². The van der Waals surface area contributed by atoms with Crippen molar-refractivity contribution >= 4 is 28.9 Å². The average Bonchev–Trinajstić information content (AvgIpc) is 3.06. The van der Waals surface area contributed by atoms with Crippen molar-refractivity contribution in [3.63, 3.8) is 0 Å². The van der Waals surface area contributed by atoms with Gasteiger partial charge in [0.25, 0.3) is 5.91 Å². The smallest absolute Gasteiger partial charge is 0.340 e. The molecule has 1 amide bonds. The molecule has 25 heavy (non-hydrogen) atoms. The lowest BCUT2D eigenvalue weighted by atomic mass is 9.96. The lowest BCUT2D eigenvalue weighted by Gasteiger charge is -2.15. The van der Waals surface area contributed by atoms with Crippen molar-refractivity contribution in [2.75, 3.05) is 5.32 Å². The zero-order chi connectivity index (χ0) is 17.8. The number of rotatable bonds is 4. The van der Waals surface area contributed by atoms with E-state index in [1.807, 2.05) is 11.4 Å². The van der Waals surface area contributed by atoms with Crippen LogP contribution in [0.2, 0.25) is 0 Å². The molecule has 1 aliphatic rings. The van der Waals surface area contributed by atoms with E-state index in [1.165, 1.54) is 4.88 Å². The van der Waals surface area contributed by atoms with Crippen molar-refractivity contribution in [3.8, 4) is 6.07 Å². The van der Waals surface area contributed by atoms with Crippen molar-refractivity contribution in [2.24, 2.45) is 0 Å². The minimum atomic E-state index is -0.919. The molecule has 1 aromatic heterocycles. The van der Waals surface area contributed by atoms with Crippen LogP contribution in [0.25, 0.3) is 0 Å². The number of amides is 1. The summed E-state index contributed by atoms with van der Waals surface area (Å²) in [7, 11) is 0. The number of benzene rings is 1. The standard InChI is InChI=1S/C19H18N2O3S/c1-12(18(22)21-14-6-4-5-13(9-14)10-20)24-19(23)16-11-25-17-8-3-2-7-15(16)17/h4-6,9,11-12H,2-3,7-8H2,1H3,(H,21,22)/t12-/m1/s1. The second-order valence-electron chi connectivity index (χ2n) is 5.99. The Balaban J connectivity index is 1.64. The number of esters is 1. The molecule has 5 nitrogen and oxygen atoms in total. The number of hydrogen-bond acceptors (Lipinski definition) is 5. The summed E-state index contributed by atoms with van der Waals surface area (Å²) in [6, 6.07) is 8.60. The van der Waals surface area contributed by atoms with E-state index in [2.05, 4.69) is 5.32 Å². The SMILES string of the molecule is C[C@@H](OC(=O)c1csc2c1CCCC2)C(=O)Nc1cccc(C#N)c1. The molecule has 0 saturated heterocycles. The van der Waals surface area contributed by atoms with Crippen molar-refractivity contribution < 1.29 is 14.3 Å². The van der Waals surface area contributed by atoms with Crippen molar-refractivity contribution in [1.82, 2.24) is 0 Å². The zero-order valence-electron chi connectivity index (χ0n) is 13.9. The van der Waals surface area contributed by atoms with E-state index in [0.29, 0.717) is 16.8 Å². The number of carbonyl (C=O) groups is 2. The van der Waals surface area contributed by atoms with E-state index in [4.69, 9.17) is 10.00 Å². The number of carbonyl (C=O) groups excluding carboxylic acids is 2. The Morgan fingerprint density at radius 3 is 2.92 bits per heavy atom. The largest absolute Gasteiger partial charge is 0.449 e. The van der Waals surface area contributed by atoms with Gasteiger partial charge >= 0.3 is 5.97 Å². The number of fused-ring (bicyclic) bond motifs is 1. The number of nitriles is 1. The number of ether oxygens (including phenoxy) is 1. The highest BCUT2D eigenvalue weighted by Crippen LogP contribution is 2.30. The topological polar surface area (TPSA) is 79.2 Å². The summed E-state index contributed by atoms with van der Waals surface area (Å²) in [5.74, 6) is -0.875. The number of aryl methyl sites for hydroxylation is 1. The van der Waals surface area contributed by atoms with Gasteiger partial charge in [-0.2, -0.15) is 5.26 Å². The van der Waals surface area contributed by atoms with Gasteiger partial charge in [-0.25, -0.2) is 4.79 Å². The molecule has 2 aromatic rings. The predicted octanol–water partition coefficient (Wildman–Crippen LogP) is 3.68. The van der Waals surface area contributed by atoms with Gasteiger partial charge in [0, 0.05) is 15.9 Å². The number of thiophene rings is 1. The van der Waals surface area contributed by atoms with Crippen LogP contribution in [0.5, 0.6) is 0 Å².